The fraction of sp³-hybridized carbons (Fsp3) is 0. The largest absolute Gasteiger partial charge is 0.239 e. The van der Waals surface area contributed by atoms with Gasteiger partial charge in [-0.05, 0) is 46.5 Å². The van der Waals surface area contributed by atoms with Gasteiger partial charge in [-0.25, -0.2) is 0 Å². The number of fused-ring (bicyclic) bond motifs is 2. The Kier molecular flexibility index (Phi) is 6.15. The molecular weight excluding hydrogens is 460 g/mol. The number of allylic oxidation sites excluding steroid dienone is 3. The van der Waals surface area contributed by atoms with E-state index in [2.05, 4.69) is 140 Å². The molecule has 1 aromatic heterocycles. The SMILES string of the molecule is C(=Cc1cc(-c2ccccc2)c2ccccc2[s+]1)C=C1C=C(c2ccccc2)c2ccccc2S1. The van der Waals surface area contributed by atoms with Crippen LogP contribution in [0.4, 0.5) is 0 Å². The molecule has 0 spiro atoms. The van der Waals surface area contributed by atoms with Crippen molar-refractivity contribution in [3.8, 4) is 11.1 Å². The third-order valence-corrected chi connectivity index (χ3v) is 8.20. The molecule has 0 aliphatic carbocycles. The molecule has 0 radical (unpaired) electrons. The van der Waals surface area contributed by atoms with Gasteiger partial charge >= 0.3 is 0 Å². The van der Waals surface area contributed by atoms with E-state index in [0.29, 0.717) is 0 Å². The Bertz CT molecular complexity index is 1590. The lowest BCUT2D eigenvalue weighted by Gasteiger charge is -2.19. The Morgan fingerprint density at radius 2 is 1.31 bits per heavy atom. The monoisotopic (exact) mass is 483 g/mol. The van der Waals surface area contributed by atoms with Crippen LogP contribution >= 0.6 is 23.1 Å². The lowest BCUT2D eigenvalue weighted by molar-refractivity contribution is 1.37. The topological polar surface area (TPSA) is 0 Å². The number of benzene rings is 4. The van der Waals surface area contributed by atoms with Crippen molar-refractivity contribution in [3.05, 3.63) is 154 Å². The molecule has 1 aliphatic heterocycles. The maximum absolute atomic E-state index is 2.31. The second kappa shape index (κ2) is 9.87. The van der Waals surface area contributed by atoms with Crippen LogP contribution in [0.1, 0.15) is 16.0 Å². The zero-order valence-corrected chi connectivity index (χ0v) is 20.7. The van der Waals surface area contributed by atoms with Gasteiger partial charge in [0.05, 0.1) is 0 Å². The van der Waals surface area contributed by atoms with Crippen LogP contribution in [0.2, 0.25) is 0 Å². The molecule has 0 unspecified atom stereocenters. The van der Waals surface area contributed by atoms with Crippen LogP contribution in [0, 0.1) is 0 Å². The molecule has 6 rings (SSSR count). The summed E-state index contributed by atoms with van der Waals surface area (Å²) in [6.45, 7) is 0. The van der Waals surface area contributed by atoms with Crippen LogP contribution < -0.4 is 0 Å². The predicted molar refractivity (Wildman–Crippen MR) is 155 cm³/mol. The predicted octanol–water partition coefficient (Wildman–Crippen LogP) is 9.98. The van der Waals surface area contributed by atoms with Crippen molar-refractivity contribution < 1.29 is 0 Å². The third kappa shape index (κ3) is 4.64. The summed E-state index contributed by atoms with van der Waals surface area (Å²) in [7, 11) is 0. The van der Waals surface area contributed by atoms with Gasteiger partial charge in [0.1, 0.15) is 0 Å². The van der Waals surface area contributed by atoms with E-state index in [9.17, 15) is 0 Å². The Hall–Kier alpha value is -3.72. The zero-order chi connectivity index (χ0) is 23.5. The van der Waals surface area contributed by atoms with Crippen LogP contribution in [0.5, 0.6) is 0 Å². The summed E-state index contributed by atoms with van der Waals surface area (Å²) in [5.74, 6) is 0. The van der Waals surface area contributed by atoms with Gasteiger partial charge in [0.2, 0.25) is 20.9 Å². The zero-order valence-electron chi connectivity index (χ0n) is 19.1. The number of rotatable bonds is 4. The van der Waals surface area contributed by atoms with Crippen LogP contribution in [0.15, 0.2) is 143 Å². The van der Waals surface area contributed by atoms with Crippen molar-refractivity contribution in [2.75, 3.05) is 0 Å². The standard InChI is InChI=1S/C33H23S2/c1-3-12-24(13-4-1)30-22-26(34-32-20-9-7-18-28(30)32)16-11-17-27-23-31(25-14-5-2-6-15-25)29-19-8-10-21-33(29)35-27/h1-23H/q+1. The second-order valence-electron chi connectivity index (χ2n) is 8.38. The first-order chi connectivity index (χ1) is 17.3. The molecule has 2 heteroatoms. The van der Waals surface area contributed by atoms with Gasteiger partial charge in [0.25, 0.3) is 0 Å². The Morgan fingerprint density at radius 3 is 2.14 bits per heavy atom. The van der Waals surface area contributed by atoms with Crippen molar-refractivity contribution >= 4 is 44.8 Å². The molecule has 1 aliphatic rings. The molecule has 2 heterocycles. The van der Waals surface area contributed by atoms with E-state index in [1.54, 1.807) is 0 Å². The highest BCUT2D eigenvalue weighted by Crippen LogP contribution is 2.42. The number of thioether (sulfide) groups is 1. The average molecular weight is 484 g/mol. The summed E-state index contributed by atoms with van der Waals surface area (Å²) >= 11 is 3.66. The van der Waals surface area contributed by atoms with Crippen molar-refractivity contribution in [1.29, 1.82) is 0 Å². The Balaban J connectivity index is 1.38. The molecule has 4 aromatic carbocycles. The molecule has 0 N–H and O–H groups in total. The van der Waals surface area contributed by atoms with E-state index in [4.69, 9.17) is 0 Å². The first-order valence-electron chi connectivity index (χ1n) is 11.7. The van der Waals surface area contributed by atoms with Gasteiger partial charge in [-0.3, -0.25) is 0 Å². The maximum atomic E-state index is 2.31. The average Bonchev–Trinajstić information content (AvgIpc) is 2.93. The summed E-state index contributed by atoms with van der Waals surface area (Å²) in [4.78, 5) is 3.79. The van der Waals surface area contributed by atoms with E-state index < -0.39 is 0 Å². The van der Waals surface area contributed by atoms with E-state index in [1.165, 1.54) is 52.6 Å². The van der Waals surface area contributed by atoms with E-state index >= 15 is 0 Å². The molecule has 0 saturated carbocycles. The minimum Gasteiger partial charge on any atom is -0.0894 e. The quantitative estimate of drug-likeness (QED) is 0.229. The highest BCUT2D eigenvalue weighted by atomic mass is 32.2. The van der Waals surface area contributed by atoms with Gasteiger partial charge in [-0.15, -0.1) is 0 Å². The van der Waals surface area contributed by atoms with Gasteiger partial charge in [-0.2, -0.15) is 0 Å². The minimum atomic E-state index is 1.24. The van der Waals surface area contributed by atoms with Gasteiger partial charge in [0, 0.05) is 39.0 Å². The number of hydrogen-bond donors (Lipinski definition) is 0. The molecule has 35 heavy (non-hydrogen) atoms. The van der Waals surface area contributed by atoms with Crippen molar-refractivity contribution in [2.24, 2.45) is 0 Å². The van der Waals surface area contributed by atoms with Gasteiger partial charge in [0.15, 0.2) is 0 Å². The first-order valence-corrected chi connectivity index (χ1v) is 13.3. The van der Waals surface area contributed by atoms with Gasteiger partial charge in [-0.1, -0.05) is 109 Å². The summed E-state index contributed by atoms with van der Waals surface area (Å²) in [6.07, 6.45) is 8.96. The van der Waals surface area contributed by atoms with Gasteiger partial charge < -0.3 is 0 Å². The smallest absolute Gasteiger partial charge is 0.0894 e. The molecule has 0 amide bonds. The van der Waals surface area contributed by atoms with Crippen molar-refractivity contribution in [2.45, 2.75) is 4.90 Å². The molecule has 166 valence electrons. The summed E-state index contributed by atoms with van der Waals surface area (Å²) < 4.78 is 1.30. The summed E-state index contributed by atoms with van der Waals surface area (Å²) in [6, 6.07) is 41.0. The highest BCUT2D eigenvalue weighted by Gasteiger charge is 2.17. The Labute approximate surface area is 214 Å². The molecule has 0 bridgehead atoms. The first kappa shape index (κ1) is 21.8. The maximum Gasteiger partial charge on any atom is 0.239 e. The molecule has 5 aromatic rings. The van der Waals surface area contributed by atoms with Crippen molar-refractivity contribution in [1.82, 2.24) is 0 Å². The van der Waals surface area contributed by atoms with E-state index in [-0.39, 0.29) is 0 Å². The lowest BCUT2D eigenvalue weighted by atomic mass is 9.97. The summed E-state index contributed by atoms with van der Waals surface area (Å²) in [5, 5.41) is 1.30. The van der Waals surface area contributed by atoms with E-state index in [0.717, 1.165) is 0 Å². The Morgan fingerprint density at radius 1 is 0.629 bits per heavy atom. The lowest BCUT2D eigenvalue weighted by Crippen LogP contribution is -1.96. The minimum absolute atomic E-state index is 1.24. The molecule has 0 atom stereocenters. The van der Waals surface area contributed by atoms with Crippen LogP contribution in [0.25, 0.3) is 32.9 Å². The molecular formula is C33H23S2+. The van der Waals surface area contributed by atoms with E-state index in [1.807, 2.05) is 23.1 Å². The van der Waals surface area contributed by atoms with Crippen LogP contribution in [-0.4, -0.2) is 0 Å². The number of hydrogen-bond acceptors (Lipinski definition) is 1. The summed E-state index contributed by atoms with van der Waals surface area (Å²) in [5.41, 5.74) is 6.35. The second-order valence-corrected chi connectivity index (χ2v) is 10.6. The fourth-order valence-corrected chi connectivity index (χ4v) is 6.45. The fourth-order valence-electron chi connectivity index (χ4n) is 4.42. The normalized spacial score (nSPS) is 14.3. The van der Waals surface area contributed by atoms with Crippen LogP contribution in [-0.2, 0) is 0 Å². The molecule has 0 saturated heterocycles. The third-order valence-electron chi connectivity index (χ3n) is 6.07. The highest BCUT2D eigenvalue weighted by molar-refractivity contribution is 8.03. The molecule has 0 nitrogen and oxygen atoms in total. The van der Waals surface area contributed by atoms with Crippen LogP contribution in [0.3, 0.4) is 0 Å². The molecule has 0 fully saturated rings. The van der Waals surface area contributed by atoms with Crippen molar-refractivity contribution in [3.63, 3.8) is 0 Å².